The van der Waals surface area contributed by atoms with E-state index in [4.69, 9.17) is 5.73 Å². The third-order valence-corrected chi connectivity index (χ3v) is 4.50. The van der Waals surface area contributed by atoms with Crippen LogP contribution in [0.15, 0.2) is 12.7 Å². The molecule has 1 aliphatic heterocycles. The maximum absolute atomic E-state index is 5.86. The van der Waals surface area contributed by atoms with Gasteiger partial charge in [-0.05, 0) is 31.6 Å². The summed E-state index contributed by atoms with van der Waals surface area (Å²) in [6.45, 7) is 0.988. The molecule has 1 aliphatic carbocycles. The molecule has 0 radical (unpaired) electrons. The van der Waals surface area contributed by atoms with E-state index in [0.717, 1.165) is 12.5 Å². The Morgan fingerprint density at radius 3 is 2.76 bits per heavy atom. The highest BCUT2D eigenvalue weighted by Gasteiger charge is 2.36. The molecule has 0 amide bonds. The van der Waals surface area contributed by atoms with Crippen molar-refractivity contribution in [3.63, 3.8) is 0 Å². The summed E-state index contributed by atoms with van der Waals surface area (Å²) in [4.78, 5) is 19.3. The Balaban J connectivity index is 1.71. The predicted molar refractivity (Wildman–Crippen MR) is 76.9 cm³/mol. The number of hydrogen-bond donors (Lipinski definition) is 1. The number of nitrogens with two attached hydrogens (primary N) is 1. The normalized spacial score (nSPS) is 25.0. The van der Waals surface area contributed by atoms with E-state index >= 15 is 0 Å². The summed E-state index contributed by atoms with van der Waals surface area (Å²) < 4.78 is 1.51. The number of rotatable bonds is 2. The van der Waals surface area contributed by atoms with Crippen LogP contribution < -0.4 is 10.6 Å². The van der Waals surface area contributed by atoms with Crippen molar-refractivity contribution in [2.75, 3.05) is 17.2 Å². The first-order chi connectivity index (χ1) is 10.3. The van der Waals surface area contributed by atoms with Gasteiger partial charge in [0.25, 0.3) is 5.95 Å². The van der Waals surface area contributed by atoms with Crippen molar-refractivity contribution in [2.24, 2.45) is 5.92 Å². The number of nitrogen functional groups attached to an aromatic ring is 1. The van der Waals surface area contributed by atoms with E-state index in [1.54, 1.807) is 6.33 Å². The van der Waals surface area contributed by atoms with Crippen molar-refractivity contribution >= 4 is 11.9 Å². The highest BCUT2D eigenvalue weighted by atomic mass is 15.4. The molecule has 2 fully saturated rings. The van der Waals surface area contributed by atoms with E-state index in [-0.39, 0.29) is 5.95 Å². The van der Waals surface area contributed by atoms with Gasteiger partial charge in [0.05, 0.1) is 0 Å². The van der Waals surface area contributed by atoms with Crippen molar-refractivity contribution in [1.82, 2.24) is 29.7 Å². The van der Waals surface area contributed by atoms with Crippen LogP contribution in [0.5, 0.6) is 0 Å². The fraction of sp³-hybridized carbons (Fsp3) is 0.615. The first-order valence-corrected chi connectivity index (χ1v) is 7.44. The van der Waals surface area contributed by atoms with Crippen LogP contribution in [0.25, 0.3) is 5.95 Å². The van der Waals surface area contributed by atoms with Crippen LogP contribution in [-0.2, 0) is 0 Å². The van der Waals surface area contributed by atoms with Crippen LogP contribution in [0, 0.1) is 5.92 Å². The molecule has 4 rings (SSSR count). The minimum Gasteiger partial charge on any atom is -0.368 e. The standard InChI is InChI=1S/C13H18N8/c14-11-17-12(19-13(18-11)21-8-15-7-16-21)20-6-2-4-9-3-1-5-10(9)20/h7-10H,1-6H2,(H2,14,17,18,19). The molecule has 21 heavy (non-hydrogen) atoms. The molecule has 110 valence electrons. The van der Waals surface area contributed by atoms with E-state index in [1.807, 2.05) is 0 Å². The first kappa shape index (κ1) is 12.5. The molecule has 2 unspecified atom stereocenters. The second-order valence-electron chi connectivity index (χ2n) is 5.73. The third-order valence-electron chi connectivity index (χ3n) is 4.50. The molecule has 8 heteroatoms. The fourth-order valence-electron chi connectivity index (χ4n) is 3.61. The molecule has 0 spiro atoms. The fourth-order valence-corrected chi connectivity index (χ4v) is 3.61. The van der Waals surface area contributed by atoms with Crippen molar-refractivity contribution in [2.45, 2.75) is 38.1 Å². The Hall–Kier alpha value is -2.25. The van der Waals surface area contributed by atoms with Crippen LogP contribution in [0.1, 0.15) is 32.1 Å². The van der Waals surface area contributed by atoms with Crippen molar-refractivity contribution < 1.29 is 0 Å². The van der Waals surface area contributed by atoms with Gasteiger partial charge in [0.1, 0.15) is 12.7 Å². The van der Waals surface area contributed by atoms with E-state index in [0.29, 0.717) is 17.9 Å². The zero-order valence-corrected chi connectivity index (χ0v) is 11.8. The highest BCUT2D eigenvalue weighted by Crippen LogP contribution is 2.38. The van der Waals surface area contributed by atoms with Crippen LogP contribution in [0.2, 0.25) is 0 Å². The minimum atomic E-state index is 0.227. The lowest BCUT2D eigenvalue weighted by molar-refractivity contribution is 0.358. The first-order valence-electron chi connectivity index (χ1n) is 7.44. The van der Waals surface area contributed by atoms with Gasteiger partial charge >= 0.3 is 0 Å². The summed E-state index contributed by atoms with van der Waals surface area (Å²) in [5.74, 6) is 2.09. The highest BCUT2D eigenvalue weighted by molar-refractivity contribution is 5.39. The Morgan fingerprint density at radius 1 is 1.05 bits per heavy atom. The molecule has 2 N–H and O–H groups in total. The Labute approximate surface area is 122 Å². The van der Waals surface area contributed by atoms with Crippen LogP contribution >= 0.6 is 0 Å². The quantitative estimate of drug-likeness (QED) is 0.871. The molecule has 8 nitrogen and oxygen atoms in total. The lowest BCUT2D eigenvalue weighted by atomic mass is 9.92. The number of fused-ring (bicyclic) bond motifs is 1. The van der Waals surface area contributed by atoms with Gasteiger partial charge in [0, 0.05) is 12.6 Å². The molecule has 2 aromatic rings. The molecule has 2 aliphatic rings. The lowest BCUT2D eigenvalue weighted by Crippen LogP contribution is -2.43. The van der Waals surface area contributed by atoms with E-state index < -0.39 is 0 Å². The van der Waals surface area contributed by atoms with Crippen molar-refractivity contribution in [3.05, 3.63) is 12.7 Å². The van der Waals surface area contributed by atoms with E-state index in [1.165, 1.54) is 43.1 Å². The molecule has 3 heterocycles. The van der Waals surface area contributed by atoms with Gasteiger partial charge in [-0.2, -0.15) is 24.7 Å². The van der Waals surface area contributed by atoms with Gasteiger partial charge in [0.2, 0.25) is 11.9 Å². The summed E-state index contributed by atoms with van der Waals surface area (Å²) in [5, 5.41) is 4.06. The zero-order chi connectivity index (χ0) is 14.2. The van der Waals surface area contributed by atoms with Crippen LogP contribution in [0.3, 0.4) is 0 Å². The molecular weight excluding hydrogens is 268 g/mol. The summed E-state index contributed by atoms with van der Waals surface area (Å²) >= 11 is 0. The number of aromatic nitrogens is 6. The number of hydrogen-bond acceptors (Lipinski definition) is 7. The second-order valence-corrected chi connectivity index (χ2v) is 5.73. The monoisotopic (exact) mass is 286 g/mol. The molecule has 0 aromatic carbocycles. The summed E-state index contributed by atoms with van der Waals surface area (Å²) in [5.41, 5.74) is 5.86. The second kappa shape index (κ2) is 4.94. The molecule has 1 saturated carbocycles. The van der Waals surface area contributed by atoms with Gasteiger partial charge in [-0.25, -0.2) is 4.98 Å². The maximum atomic E-state index is 5.86. The van der Waals surface area contributed by atoms with Gasteiger partial charge < -0.3 is 10.6 Å². The SMILES string of the molecule is Nc1nc(N2CCCC3CCCC32)nc(-n2cncn2)n1. The van der Waals surface area contributed by atoms with E-state index in [2.05, 4.69) is 29.9 Å². The average molecular weight is 286 g/mol. The van der Waals surface area contributed by atoms with Gasteiger partial charge in [-0.15, -0.1) is 0 Å². The van der Waals surface area contributed by atoms with Crippen molar-refractivity contribution in [3.8, 4) is 5.95 Å². The number of nitrogens with zero attached hydrogens (tertiary/aromatic N) is 7. The van der Waals surface area contributed by atoms with Crippen LogP contribution in [0.4, 0.5) is 11.9 Å². The average Bonchev–Trinajstić information content (AvgIpc) is 3.17. The minimum absolute atomic E-state index is 0.227. The predicted octanol–water partition coefficient (Wildman–Crippen LogP) is 0.803. The summed E-state index contributed by atoms with van der Waals surface area (Å²) in [7, 11) is 0. The largest absolute Gasteiger partial charge is 0.368 e. The maximum Gasteiger partial charge on any atom is 0.258 e. The summed E-state index contributed by atoms with van der Waals surface area (Å²) in [6, 6.07) is 0.546. The van der Waals surface area contributed by atoms with E-state index in [9.17, 15) is 0 Å². The lowest BCUT2D eigenvalue weighted by Gasteiger charge is -2.37. The molecular formula is C13H18N8. The number of piperidine rings is 1. The number of anilines is 2. The smallest absolute Gasteiger partial charge is 0.258 e. The Morgan fingerprint density at radius 2 is 1.90 bits per heavy atom. The topological polar surface area (TPSA) is 98.6 Å². The molecule has 1 saturated heterocycles. The van der Waals surface area contributed by atoms with Gasteiger partial charge in [-0.1, -0.05) is 6.42 Å². The molecule has 2 atom stereocenters. The Bertz CT molecular complexity index is 625. The third kappa shape index (κ3) is 2.20. The Kier molecular flexibility index (Phi) is 2.94. The van der Waals surface area contributed by atoms with Gasteiger partial charge in [0.15, 0.2) is 0 Å². The molecule has 2 aromatic heterocycles. The summed E-state index contributed by atoms with van der Waals surface area (Å²) in [6.07, 6.45) is 9.35. The van der Waals surface area contributed by atoms with Crippen LogP contribution in [-0.4, -0.2) is 42.3 Å². The molecule has 0 bridgehead atoms. The zero-order valence-electron chi connectivity index (χ0n) is 11.8. The van der Waals surface area contributed by atoms with Gasteiger partial charge in [-0.3, -0.25) is 0 Å². The van der Waals surface area contributed by atoms with Crippen molar-refractivity contribution in [1.29, 1.82) is 0 Å².